The monoisotopic (exact) mass is 245 g/mol. The van der Waals surface area contributed by atoms with Gasteiger partial charge in [-0.05, 0) is 27.7 Å². The summed E-state index contributed by atoms with van der Waals surface area (Å²) < 4.78 is 1.60. The molecule has 1 aromatic rings. The quantitative estimate of drug-likeness (QED) is 0.852. The van der Waals surface area contributed by atoms with Crippen LogP contribution >= 0.6 is 11.6 Å². The molecular weight excluding hydrogens is 226 g/mol. The van der Waals surface area contributed by atoms with Crippen molar-refractivity contribution in [1.29, 1.82) is 0 Å². The molecule has 0 spiro atoms. The van der Waals surface area contributed by atoms with E-state index in [1.807, 2.05) is 20.8 Å². The van der Waals surface area contributed by atoms with Crippen molar-refractivity contribution >= 4 is 11.6 Å². The van der Waals surface area contributed by atoms with E-state index in [-0.39, 0.29) is 5.54 Å². The zero-order chi connectivity index (χ0) is 12.6. The molecule has 0 radical (unpaired) electrons. The third-order valence-corrected chi connectivity index (χ3v) is 2.64. The molecule has 0 aliphatic heterocycles. The molecule has 0 saturated carbocycles. The van der Waals surface area contributed by atoms with E-state index >= 15 is 0 Å². The summed E-state index contributed by atoms with van der Waals surface area (Å²) in [5.74, 6) is 0. The third kappa shape index (κ3) is 3.20. The molecule has 1 atom stereocenters. The van der Waals surface area contributed by atoms with Crippen LogP contribution in [0.3, 0.4) is 0 Å². The van der Waals surface area contributed by atoms with E-state index < -0.39 is 5.60 Å². The molecule has 5 heteroatoms. The van der Waals surface area contributed by atoms with Gasteiger partial charge in [-0.25, -0.2) is 0 Å². The molecule has 0 fully saturated rings. The summed E-state index contributed by atoms with van der Waals surface area (Å²) in [6.45, 7) is 8.31. The zero-order valence-electron chi connectivity index (χ0n) is 10.5. The van der Waals surface area contributed by atoms with E-state index in [1.165, 1.54) is 0 Å². The highest BCUT2D eigenvalue weighted by atomic mass is 35.5. The van der Waals surface area contributed by atoms with Gasteiger partial charge in [0, 0.05) is 19.1 Å². The Labute approximate surface area is 102 Å². The maximum atomic E-state index is 10.4. The highest BCUT2D eigenvalue weighted by Gasteiger charge is 2.30. The second-order valence-corrected chi connectivity index (χ2v) is 5.75. The summed E-state index contributed by atoms with van der Waals surface area (Å²) in [5.41, 5.74) is -0.448. The highest BCUT2D eigenvalue weighted by molar-refractivity contribution is 6.31. The molecule has 16 heavy (non-hydrogen) atoms. The van der Waals surface area contributed by atoms with Crippen LogP contribution in [0, 0.1) is 0 Å². The number of aromatic nitrogens is 2. The first-order valence-corrected chi connectivity index (χ1v) is 5.67. The van der Waals surface area contributed by atoms with Gasteiger partial charge in [0.05, 0.1) is 16.9 Å². The highest BCUT2D eigenvalue weighted by Crippen LogP contribution is 2.27. The molecule has 4 nitrogen and oxygen atoms in total. The van der Waals surface area contributed by atoms with Crippen molar-refractivity contribution in [2.24, 2.45) is 7.05 Å². The number of nitrogens with zero attached hydrogens (tertiary/aromatic N) is 2. The van der Waals surface area contributed by atoms with Crippen molar-refractivity contribution in [2.75, 3.05) is 6.54 Å². The average Bonchev–Trinajstić information content (AvgIpc) is 2.42. The molecule has 1 rings (SSSR count). The van der Waals surface area contributed by atoms with Crippen molar-refractivity contribution in [3.63, 3.8) is 0 Å². The van der Waals surface area contributed by atoms with Gasteiger partial charge in [-0.3, -0.25) is 4.68 Å². The first kappa shape index (κ1) is 13.5. The van der Waals surface area contributed by atoms with Crippen LogP contribution in [0.5, 0.6) is 0 Å². The van der Waals surface area contributed by atoms with Crippen LogP contribution in [0.25, 0.3) is 0 Å². The number of β-amino-alcohol motifs (C(OH)–C–C–N with tert-alkyl or cyclic N) is 1. The predicted molar refractivity (Wildman–Crippen MR) is 65.5 cm³/mol. The average molecular weight is 246 g/mol. The maximum absolute atomic E-state index is 10.4. The van der Waals surface area contributed by atoms with Crippen molar-refractivity contribution in [1.82, 2.24) is 15.1 Å². The minimum Gasteiger partial charge on any atom is -0.382 e. The lowest BCUT2D eigenvalue weighted by Crippen LogP contribution is -2.45. The Balaban J connectivity index is 2.86. The Morgan fingerprint density at radius 3 is 2.38 bits per heavy atom. The molecule has 0 amide bonds. The van der Waals surface area contributed by atoms with Crippen LogP contribution < -0.4 is 5.32 Å². The Morgan fingerprint density at radius 1 is 1.44 bits per heavy atom. The fraction of sp³-hybridized carbons (Fsp3) is 0.727. The van der Waals surface area contributed by atoms with Crippen LogP contribution in [0.2, 0.25) is 5.02 Å². The number of halogens is 1. The molecule has 0 aliphatic carbocycles. The molecule has 0 aliphatic rings. The largest absolute Gasteiger partial charge is 0.382 e. The molecule has 0 aromatic carbocycles. The van der Waals surface area contributed by atoms with E-state index in [2.05, 4.69) is 10.4 Å². The Morgan fingerprint density at radius 2 is 2.00 bits per heavy atom. The van der Waals surface area contributed by atoms with Crippen molar-refractivity contribution in [2.45, 2.75) is 38.8 Å². The van der Waals surface area contributed by atoms with Gasteiger partial charge < -0.3 is 10.4 Å². The van der Waals surface area contributed by atoms with Gasteiger partial charge >= 0.3 is 0 Å². The molecule has 92 valence electrons. The van der Waals surface area contributed by atoms with Crippen LogP contribution in [0.4, 0.5) is 0 Å². The number of aryl methyl sites for hydroxylation is 1. The lowest BCUT2D eigenvalue weighted by atomic mass is 10.00. The van der Waals surface area contributed by atoms with Crippen molar-refractivity contribution < 1.29 is 5.11 Å². The molecule has 0 saturated heterocycles. The van der Waals surface area contributed by atoms with Gasteiger partial charge in [0.25, 0.3) is 0 Å². The topological polar surface area (TPSA) is 50.1 Å². The Hall–Kier alpha value is -0.580. The number of nitrogens with one attached hydrogen (secondary N) is 1. The molecule has 2 N–H and O–H groups in total. The number of hydrogen-bond donors (Lipinski definition) is 2. The number of rotatable bonds is 3. The summed E-state index contributed by atoms with van der Waals surface area (Å²) in [6.07, 6.45) is 1.54. The fourth-order valence-corrected chi connectivity index (χ4v) is 1.91. The van der Waals surface area contributed by atoms with E-state index in [0.29, 0.717) is 17.3 Å². The molecular formula is C11H20ClN3O. The van der Waals surface area contributed by atoms with Gasteiger partial charge in [0.1, 0.15) is 5.60 Å². The first-order valence-electron chi connectivity index (χ1n) is 5.29. The van der Waals surface area contributed by atoms with Gasteiger partial charge in [-0.2, -0.15) is 5.10 Å². The summed E-state index contributed by atoms with van der Waals surface area (Å²) in [6, 6.07) is 0. The summed E-state index contributed by atoms with van der Waals surface area (Å²) in [5, 5.41) is 18.2. The molecule has 0 bridgehead atoms. The molecule has 1 aromatic heterocycles. The fourth-order valence-electron chi connectivity index (χ4n) is 1.54. The van der Waals surface area contributed by atoms with E-state index in [0.717, 1.165) is 0 Å². The standard InChI is InChI=1S/C11H20ClN3O/c1-10(2,3)13-7-11(4,16)9-8(12)6-14-15(9)5/h6,13,16H,7H2,1-5H3. The van der Waals surface area contributed by atoms with Gasteiger partial charge in [0.2, 0.25) is 0 Å². The molecule has 1 heterocycles. The number of aliphatic hydroxyl groups is 1. The van der Waals surface area contributed by atoms with Gasteiger partial charge in [-0.1, -0.05) is 11.6 Å². The lowest BCUT2D eigenvalue weighted by Gasteiger charge is -2.29. The second kappa shape index (κ2) is 4.35. The maximum Gasteiger partial charge on any atom is 0.117 e. The Kier molecular flexibility index (Phi) is 3.67. The smallest absolute Gasteiger partial charge is 0.117 e. The second-order valence-electron chi connectivity index (χ2n) is 5.34. The normalized spacial score (nSPS) is 16.2. The van der Waals surface area contributed by atoms with Crippen molar-refractivity contribution in [3.8, 4) is 0 Å². The SMILES string of the molecule is Cn1ncc(Cl)c1C(C)(O)CNC(C)(C)C. The predicted octanol–water partition coefficient (Wildman–Crippen LogP) is 1.67. The third-order valence-electron chi connectivity index (χ3n) is 2.37. The van der Waals surface area contributed by atoms with Crippen LogP contribution in [-0.4, -0.2) is 27.0 Å². The Bertz CT molecular complexity index is 346. The van der Waals surface area contributed by atoms with Crippen molar-refractivity contribution in [3.05, 3.63) is 16.9 Å². The summed E-state index contributed by atoms with van der Waals surface area (Å²) in [7, 11) is 1.77. The zero-order valence-corrected chi connectivity index (χ0v) is 11.3. The van der Waals surface area contributed by atoms with Gasteiger partial charge in [0.15, 0.2) is 0 Å². The van der Waals surface area contributed by atoms with Crippen LogP contribution in [-0.2, 0) is 12.6 Å². The summed E-state index contributed by atoms with van der Waals surface area (Å²) in [4.78, 5) is 0. The van der Waals surface area contributed by atoms with Gasteiger partial charge in [-0.15, -0.1) is 0 Å². The minimum absolute atomic E-state index is 0.0466. The number of hydrogen-bond acceptors (Lipinski definition) is 3. The van der Waals surface area contributed by atoms with Crippen LogP contribution in [0.15, 0.2) is 6.20 Å². The van der Waals surface area contributed by atoms with Crippen LogP contribution in [0.1, 0.15) is 33.4 Å². The summed E-state index contributed by atoms with van der Waals surface area (Å²) >= 11 is 6.01. The minimum atomic E-state index is -1.03. The molecule has 1 unspecified atom stereocenters. The van der Waals surface area contributed by atoms with E-state index in [9.17, 15) is 5.11 Å². The van der Waals surface area contributed by atoms with E-state index in [1.54, 1.807) is 24.9 Å². The first-order chi connectivity index (χ1) is 7.13. The van der Waals surface area contributed by atoms with E-state index in [4.69, 9.17) is 11.6 Å². The lowest BCUT2D eigenvalue weighted by molar-refractivity contribution is 0.0422.